The summed E-state index contributed by atoms with van der Waals surface area (Å²) in [4.78, 5) is 12.9. The Bertz CT molecular complexity index is 1170. The summed E-state index contributed by atoms with van der Waals surface area (Å²) >= 11 is 0. The van der Waals surface area contributed by atoms with Gasteiger partial charge in [-0.3, -0.25) is 4.79 Å². The maximum atomic E-state index is 12.7. The summed E-state index contributed by atoms with van der Waals surface area (Å²) in [5, 5.41) is 2.84. The average Bonchev–Trinajstić information content (AvgIpc) is 2.85. The summed E-state index contributed by atoms with van der Waals surface area (Å²) in [6.45, 7) is 5.00. The largest absolute Gasteiger partial charge is 0.326 e. The Morgan fingerprint density at radius 3 is 2.11 bits per heavy atom. The molecule has 8 nitrogen and oxygen atoms in total. The van der Waals surface area contributed by atoms with Gasteiger partial charge in [-0.1, -0.05) is 44.2 Å². The lowest BCUT2D eigenvalue weighted by Gasteiger charge is -2.30. The number of nitrogens with one attached hydrogen (secondary N) is 1. The van der Waals surface area contributed by atoms with Crippen molar-refractivity contribution in [3.63, 3.8) is 0 Å². The van der Waals surface area contributed by atoms with Gasteiger partial charge in [-0.15, -0.1) is 0 Å². The maximum Gasteiger partial charge on any atom is 0.243 e. The lowest BCUT2D eigenvalue weighted by molar-refractivity contribution is -0.120. The van der Waals surface area contributed by atoms with Crippen molar-refractivity contribution in [3.8, 4) is 0 Å². The molecular formula is C25H35N3O5S2. The highest BCUT2D eigenvalue weighted by Crippen LogP contribution is 2.23. The summed E-state index contributed by atoms with van der Waals surface area (Å²) in [6.07, 6.45) is 2.19. The van der Waals surface area contributed by atoms with Crippen LogP contribution in [0, 0.1) is 5.92 Å². The second-order valence-electron chi connectivity index (χ2n) is 8.68. The van der Waals surface area contributed by atoms with E-state index in [0.29, 0.717) is 57.5 Å². The second kappa shape index (κ2) is 12.1. The first-order chi connectivity index (χ1) is 16.7. The molecule has 0 bridgehead atoms. The number of piperidine rings is 1. The number of aryl methyl sites for hydroxylation is 1. The van der Waals surface area contributed by atoms with Crippen molar-refractivity contribution in [2.24, 2.45) is 5.92 Å². The predicted octanol–water partition coefficient (Wildman–Crippen LogP) is 3.33. The normalized spacial score (nSPS) is 15.9. The Morgan fingerprint density at radius 1 is 0.943 bits per heavy atom. The minimum Gasteiger partial charge on any atom is -0.326 e. The number of hydrogen-bond acceptors (Lipinski definition) is 5. The summed E-state index contributed by atoms with van der Waals surface area (Å²) in [5.41, 5.74) is 1.64. The number of rotatable bonds is 11. The lowest BCUT2D eigenvalue weighted by atomic mass is 9.97. The third-order valence-electron chi connectivity index (χ3n) is 6.39. The molecule has 1 heterocycles. The van der Waals surface area contributed by atoms with Crippen LogP contribution in [0.2, 0.25) is 0 Å². The van der Waals surface area contributed by atoms with E-state index >= 15 is 0 Å². The first-order valence-corrected chi connectivity index (χ1v) is 15.1. The zero-order chi connectivity index (χ0) is 25.5. The Morgan fingerprint density at radius 2 is 1.54 bits per heavy atom. The third-order valence-corrected chi connectivity index (χ3v) is 10.4. The van der Waals surface area contributed by atoms with E-state index in [1.165, 1.54) is 20.7 Å². The van der Waals surface area contributed by atoms with E-state index in [9.17, 15) is 21.6 Å². The molecule has 0 aliphatic carbocycles. The molecule has 1 aliphatic heterocycles. The van der Waals surface area contributed by atoms with Gasteiger partial charge in [0.25, 0.3) is 0 Å². The number of hydrogen-bond donors (Lipinski definition) is 1. The van der Waals surface area contributed by atoms with Crippen molar-refractivity contribution in [2.75, 3.05) is 37.2 Å². The van der Waals surface area contributed by atoms with Gasteiger partial charge in [0.15, 0.2) is 0 Å². The zero-order valence-corrected chi connectivity index (χ0v) is 22.0. The minimum absolute atomic E-state index is 0.0987. The van der Waals surface area contributed by atoms with E-state index in [1.54, 1.807) is 26.0 Å². The Kier molecular flexibility index (Phi) is 9.46. The molecule has 2 aromatic carbocycles. The van der Waals surface area contributed by atoms with Crippen LogP contribution in [0.15, 0.2) is 59.5 Å². The van der Waals surface area contributed by atoms with Gasteiger partial charge in [-0.25, -0.2) is 21.1 Å². The van der Waals surface area contributed by atoms with Crippen LogP contribution in [0.4, 0.5) is 5.69 Å². The van der Waals surface area contributed by atoms with Crippen LogP contribution in [0.5, 0.6) is 0 Å². The molecule has 1 fully saturated rings. The molecular weight excluding hydrogens is 486 g/mol. The van der Waals surface area contributed by atoms with Gasteiger partial charge in [-0.2, -0.15) is 4.31 Å². The van der Waals surface area contributed by atoms with Gasteiger partial charge in [0.05, 0.1) is 10.6 Å². The van der Waals surface area contributed by atoms with Crippen molar-refractivity contribution in [1.29, 1.82) is 0 Å². The van der Waals surface area contributed by atoms with Gasteiger partial charge in [-0.05, 0) is 55.5 Å². The van der Waals surface area contributed by atoms with Gasteiger partial charge < -0.3 is 5.32 Å². The highest BCUT2D eigenvalue weighted by molar-refractivity contribution is 7.89. The number of nitrogens with zero attached hydrogens (tertiary/aromatic N) is 2. The summed E-state index contributed by atoms with van der Waals surface area (Å²) in [7, 11) is -6.90. The Balaban J connectivity index is 1.49. The molecule has 0 spiro atoms. The highest BCUT2D eigenvalue weighted by Gasteiger charge is 2.31. The van der Waals surface area contributed by atoms with Crippen molar-refractivity contribution in [2.45, 2.75) is 44.4 Å². The fourth-order valence-electron chi connectivity index (χ4n) is 4.30. The van der Waals surface area contributed by atoms with Crippen molar-refractivity contribution in [1.82, 2.24) is 8.61 Å². The van der Waals surface area contributed by atoms with Crippen LogP contribution in [-0.4, -0.2) is 63.3 Å². The monoisotopic (exact) mass is 521 g/mol. The molecule has 1 N–H and O–H groups in total. The quantitative estimate of drug-likeness (QED) is 0.489. The van der Waals surface area contributed by atoms with Gasteiger partial charge in [0, 0.05) is 37.8 Å². The molecule has 0 aromatic heterocycles. The Hall–Kier alpha value is -2.27. The first kappa shape index (κ1) is 27.3. The fourth-order valence-corrected chi connectivity index (χ4v) is 7.29. The number of anilines is 1. The molecule has 0 radical (unpaired) electrons. The molecule has 35 heavy (non-hydrogen) atoms. The van der Waals surface area contributed by atoms with Crippen LogP contribution in [0.25, 0.3) is 0 Å². The summed E-state index contributed by atoms with van der Waals surface area (Å²) < 4.78 is 53.5. The predicted molar refractivity (Wildman–Crippen MR) is 138 cm³/mol. The molecule has 3 rings (SSSR count). The van der Waals surface area contributed by atoms with Crippen LogP contribution in [-0.2, 0) is 31.3 Å². The molecule has 0 saturated carbocycles. The summed E-state index contributed by atoms with van der Waals surface area (Å²) in [6, 6.07) is 16.0. The van der Waals surface area contributed by atoms with Crippen LogP contribution in [0.1, 0.15) is 38.7 Å². The molecule has 10 heteroatoms. The van der Waals surface area contributed by atoms with Crippen LogP contribution < -0.4 is 5.32 Å². The smallest absolute Gasteiger partial charge is 0.243 e. The van der Waals surface area contributed by atoms with E-state index < -0.39 is 20.0 Å². The standard InChI is InChI=1S/C25H35N3O5S2/c1-3-27(4-2)35(32,33)24-14-12-23(13-15-24)26-25(29)22-16-18-28(19-17-22)34(30,31)20-8-11-21-9-6-5-7-10-21/h5-7,9-10,12-15,22H,3-4,8,11,16-20H2,1-2H3,(H,26,29). The number of carbonyl (C=O) groups is 1. The molecule has 1 saturated heterocycles. The molecule has 1 amide bonds. The lowest BCUT2D eigenvalue weighted by Crippen LogP contribution is -2.42. The Labute approximate surface area is 209 Å². The van der Waals surface area contributed by atoms with E-state index in [2.05, 4.69) is 5.32 Å². The van der Waals surface area contributed by atoms with E-state index in [4.69, 9.17) is 0 Å². The zero-order valence-electron chi connectivity index (χ0n) is 20.4. The van der Waals surface area contributed by atoms with Crippen LogP contribution in [0.3, 0.4) is 0 Å². The highest BCUT2D eigenvalue weighted by atomic mass is 32.2. The maximum absolute atomic E-state index is 12.7. The average molecular weight is 522 g/mol. The second-order valence-corrected chi connectivity index (χ2v) is 12.7. The number of amides is 1. The van der Waals surface area contributed by atoms with Gasteiger partial charge >= 0.3 is 0 Å². The molecule has 0 atom stereocenters. The molecule has 0 unspecified atom stereocenters. The third kappa shape index (κ3) is 7.13. The topological polar surface area (TPSA) is 104 Å². The molecule has 1 aliphatic rings. The van der Waals surface area contributed by atoms with Gasteiger partial charge in [0.1, 0.15) is 0 Å². The SMILES string of the molecule is CCN(CC)S(=O)(=O)c1ccc(NC(=O)C2CCN(S(=O)(=O)CCCc3ccccc3)CC2)cc1. The number of sulfonamides is 2. The van der Waals surface area contributed by atoms with E-state index in [0.717, 1.165) is 5.56 Å². The number of carbonyl (C=O) groups excluding carboxylic acids is 1. The van der Waals surface area contributed by atoms with Crippen molar-refractivity contribution >= 4 is 31.6 Å². The van der Waals surface area contributed by atoms with Gasteiger partial charge in [0.2, 0.25) is 26.0 Å². The first-order valence-electron chi connectivity index (χ1n) is 12.1. The molecule has 2 aromatic rings. The van der Waals surface area contributed by atoms with Crippen LogP contribution >= 0.6 is 0 Å². The summed E-state index contributed by atoms with van der Waals surface area (Å²) in [5.74, 6) is -0.364. The minimum atomic E-state index is -3.55. The fraction of sp³-hybridized carbons (Fsp3) is 0.480. The van der Waals surface area contributed by atoms with Crippen molar-refractivity contribution < 1.29 is 21.6 Å². The van der Waals surface area contributed by atoms with Crippen molar-refractivity contribution in [3.05, 3.63) is 60.2 Å². The van der Waals surface area contributed by atoms with E-state index in [1.807, 2.05) is 30.3 Å². The number of benzene rings is 2. The van der Waals surface area contributed by atoms with E-state index in [-0.39, 0.29) is 22.5 Å². The molecule has 192 valence electrons.